The van der Waals surface area contributed by atoms with Crippen LogP contribution < -0.4 is 0 Å². The predicted octanol–water partition coefficient (Wildman–Crippen LogP) is 5.13. The highest BCUT2D eigenvalue weighted by atomic mass is 16.5. The fourth-order valence-electron chi connectivity index (χ4n) is 2.26. The molecule has 0 atom stereocenters. The van der Waals surface area contributed by atoms with Crippen LogP contribution in [0.5, 0.6) is 0 Å². The maximum atomic E-state index is 11.4. The molecule has 0 N–H and O–H groups in total. The van der Waals surface area contributed by atoms with E-state index < -0.39 is 0 Å². The molecule has 0 spiro atoms. The molecule has 0 saturated carbocycles. The highest BCUT2D eigenvalue weighted by molar-refractivity contribution is 5.87. The zero-order chi connectivity index (χ0) is 18.0. The molecule has 0 aromatic rings. The molecule has 0 aliphatic rings. The van der Waals surface area contributed by atoms with Gasteiger partial charge in [-0.15, -0.1) is 0 Å². The van der Waals surface area contributed by atoms with Crippen molar-refractivity contribution < 1.29 is 19.1 Å². The Labute approximate surface area is 147 Å². The molecule has 0 heterocycles. The van der Waals surface area contributed by atoms with Crippen LogP contribution in [0.15, 0.2) is 24.8 Å². The van der Waals surface area contributed by atoms with Crippen molar-refractivity contribution in [2.24, 2.45) is 0 Å². The van der Waals surface area contributed by atoms with Gasteiger partial charge in [0, 0.05) is 11.6 Å². The minimum atomic E-state index is -0.333. The zero-order valence-electron chi connectivity index (χ0n) is 15.3. The predicted molar refractivity (Wildman–Crippen MR) is 97.7 cm³/mol. The fraction of sp³-hybridized carbons (Fsp3) is 0.700. The Balaban J connectivity index is 3.18. The molecular weight excluding hydrogens is 304 g/mol. The van der Waals surface area contributed by atoms with E-state index in [-0.39, 0.29) is 11.9 Å². The Morgan fingerprint density at radius 3 is 1.62 bits per heavy atom. The summed E-state index contributed by atoms with van der Waals surface area (Å²) in [7, 11) is 0. The second-order valence-electron chi connectivity index (χ2n) is 6.00. The average Bonchev–Trinajstić information content (AvgIpc) is 2.60. The molecule has 0 aromatic heterocycles. The Morgan fingerprint density at radius 2 is 1.21 bits per heavy atom. The molecule has 0 bridgehead atoms. The molecular formula is C20H34O4. The first-order valence-corrected chi connectivity index (χ1v) is 9.25. The van der Waals surface area contributed by atoms with Gasteiger partial charge in [-0.2, -0.15) is 0 Å². The molecule has 4 heteroatoms. The molecule has 0 unspecified atom stereocenters. The summed E-state index contributed by atoms with van der Waals surface area (Å²) < 4.78 is 10.1. The van der Waals surface area contributed by atoms with Gasteiger partial charge in [0.1, 0.15) is 0 Å². The van der Waals surface area contributed by atoms with Gasteiger partial charge in [-0.1, -0.05) is 71.4 Å². The van der Waals surface area contributed by atoms with Gasteiger partial charge in [0.05, 0.1) is 13.2 Å². The number of carbonyl (C=O) groups excluding carboxylic acids is 2. The van der Waals surface area contributed by atoms with E-state index in [0.29, 0.717) is 25.2 Å². The van der Waals surface area contributed by atoms with Crippen molar-refractivity contribution in [3.8, 4) is 0 Å². The summed E-state index contributed by atoms with van der Waals surface area (Å²) >= 11 is 0. The van der Waals surface area contributed by atoms with Crippen LogP contribution in [0.3, 0.4) is 0 Å². The quantitative estimate of drug-likeness (QED) is 0.222. The average molecular weight is 338 g/mol. The van der Waals surface area contributed by atoms with Gasteiger partial charge in [-0.25, -0.2) is 9.59 Å². The van der Waals surface area contributed by atoms with Gasteiger partial charge >= 0.3 is 11.9 Å². The van der Waals surface area contributed by atoms with Crippen LogP contribution in [0.25, 0.3) is 0 Å². The van der Waals surface area contributed by atoms with Gasteiger partial charge in [-0.3, -0.25) is 0 Å². The lowest BCUT2D eigenvalue weighted by Crippen LogP contribution is -2.07. The molecule has 0 aromatic carbocycles. The number of carbonyl (C=O) groups is 2. The summed E-state index contributed by atoms with van der Waals surface area (Å²) in [5, 5.41) is 0. The highest BCUT2D eigenvalue weighted by Crippen LogP contribution is 2.11. The molecule has 4 nitrogen and oxygen atoms in total. The summed E-state index contributed by atoms with van der Waals surface area (Å²) in [6.45, 7) is 9.94. The van der Waals surface area contributed by atoms with Gasteiger partial charge in [0.15, 0.2) is 0 Å². The van der Waals surface area contributed by atoms with Gasteiger partial charge in [0.2, 0.25) is 0 Å². The molecule has 0 fully saturated rings. The Morgan fingerprint density at radius 1 is 0.792 bits per heavy atom. The van der Waals surface area contributed by atoms with E-state index in [2.05, 4.69) is 13.2 Å². The van der Waals surface area contributed by atoms with Crippen molar-refractivity contribution in [1.82, 2.24) is 0 Å². The van der Waals surface area contributed by atoms with Crippen molar-refractivity contribution >= 4 is 11.9 Å². The van der Waals surface area contributed by atoms with Crippen molar-refractivity contribution in [3.63, 3.8) is 0 Å². The molecule has 138 valence electrons. The van der Waals surface area contributed by atoms with Crippen LogP contribution in [-0.4, -0.2) is 25.2 Å². The summed E-state index contributed by atoms with van der Waals surface area (Å²) in [6.07, 6.45) is 13.3. The fourth-order valence-corrected chi connectivity index (χ4v) is 2.26. The highest BCUT2D eigenvalue weighted by Gasteiger charge is 2.04. The molecule has 0 radical (unpaired) electrons. The lowest BCUT2D eigenvalue weighted by atomic mass is 10.1. The molecule has 0 saturated heterocycles. The maximum Gasteiger partial charge on any atom is 0.333 e. The minimum Gasteiger partial charge on any atom is -0.463 e. The SMILES string of the molecule is C=CC(=O)OCCCCCCCCCCCCOC(=O)C(=C)CC. The van der Waals surface area contributed by atoms with Crippen molar-refractivity contribution in [3.05, 3.63) is 24.8 Å². The van der Waals surface area contributed by atoms with Crippen molar-refractivity contribution in [2.45, 2.75) is 77.6 Å². The van der Waals surface area contributed by atoms with Gasteiger partial charge in [0.25, 0.3) is 0 Å². The Kier molecular flexibility index (Phi) is 15.2. The third-order valence-corrected chi connectivity index (χ3v) is 3.90. The third-order valence-electron chi connectivity index (χ3n) is 3.90. The van der Waals surface area contributed by atoms with E-state index >= 15 is 0 Å². The van der Waals surface area contributed by atoms with Crippen LogP contribution >= 0.6 is 0 Å². The van der Waals surface area contributed by atoms with E-state index in [1.165, 1.54) is 44.6 Å². The first kappa shape index (κ1) is 22.4. The smallest absolute Gasteiger partial charge is 0.333 e. The number of esters is 2. The van der Waals surface area contributed by atoms with Crippen LogP contribution in [0, 0.1) is 0 Å². The first-order chi connectivity index (χ1) is 11.6. The lowest BCUT2D eigenvalue weighted by molar-refractivity contribution is -0.139. The summed E-state index contributed by atoms with van der Waals surface area (Å²) in [4.78, 5) is 22.2. The normalized spacial score (nSPS) is 10.2. The van der Waals surface area contributed by atoms with E-state index in [1.807, 2.05) is 6.92 Å². The van der Waals surface area contributed by atoms with Crippen molar-refractivity contribution in [2.75, 3.05) is 13.2 Å². The first-order valence-electron chi connectivity index (χ1n) is 9.25. The number of ether oxygens (including phenoxy) is 2. The van der Waals surface area contributed by atoms with E-state index in [9.17, 15) is 9.59 Å². The molecule has 24 heavy (non-hydrogen) atoms. The molecule has 0 aliphatic carbocycles. The van der Waals surface area contributed by atoms with Crippen LogP contribution in [-0.2, 0) is 19.1 Å². The van der Waals surface area contributed by atoms with E-state index in [0.717, 1.165) is 25.7 Å². The summed E-state index contributed by atoms with van der Waals surface area (Å²) in [5.74, 6) is -0.586. The second kappa shape index (κ2) is 16.3. The zero-order valence-corrected chi connectivity index (χ0v) is 15.3. The maximum absolute atomic E-state index is 11.4. The lowest BCUT2D eigenvalue weighted by Gasteiger charge is -2.05. The monoisotopic (exact) mass is 338 g/mol. The third kappa shape index (κ3) is 14.0. The summed E-state index contributed by atoms with van der Waals surface area (Å²) in [6, 6.07) is 0. The van der Waals surface area contributed by atoms with Crippen LogP contribution in [0.2, 0.25) is 0 Å². The summed E-state index contributed by atoms with van der Waals surface area (Å²) in [5.41, 5.74) is 0.550. The van der Waals surface area contributed by atoms with Crippen molar-refractivity contribution in [1.29, 1.82) is 0 Å². The second-order valence-corrected chi connectivity index (χ2v) is 6.00. The van der Waals surface area contributed by atoms with Gasteiger partial charge < -0.3 is 9.47 Å². The van der Waals surface area contributed by atoms with Crippen LogP contribution in [0.4, 0.5) is 0 Å². The van der Waals surface area contributed by atoms with E-state index in [4.69, 9.17) is 9.47 Å². The molecule has 0 rings (SSSR count). The minimum absolute atomic E-state index is 0.253. The topological polar surface area (TPSA) is 52.6 Å². The molecule has 0 amide bonds. The number of hydrogen-bond donors (Lipinski definition) is 0. The Bertz CT molecular complexity index is 374. The number of rotatable bonds is 16. The Hall–Kier alpha value is -1.58. The van der Waals surface area contributed by atoms with Gasteiger partial charge in [-0.05, 0) is 19.3 Å². The van der Waals surface area contributed by atoms with E-state index in [1.54, 1.807) is 0 Å². The number of unbranched alkanes of at least 4 members (excludes halogenated alkanes) is 9. The largest absolute Gasteiger partial charge is 0.463 e. The standard InChI is InChI=1S/C20H34O4/c1-4-18(3)20(22)24-17-15-13-11-9-7-6-8-10-12-14-16-23-19(21)5-2/h5H,2-4,6-17H2,1H3. The molecule has 0 aliphatic heterocycles. The van der Waals surface area contributed by atoms with Crippen LogP contribution in [0.1, 0.15) is 77.6 Å². The number of hydrogen-bond acceptors (Lipinski definition) is 4.